The Morgan fingerprint density at radius 2 is 1.55 bits per heavy atom. The molecule has 4 aromatic rings. The highest BCUT2D eigenvalue weighted by Gasteiger charge is 2.28. The van der Waals surface area contributed by atoms with E-state index in [9.17, 15) is 0 Å². The number of H-pyrrole nitrogens is 1. The second-order valence-electron chi connectivity index (χ2n) is 9.38. The molecule has 1 atom stereocenters. The average Bonchev–Trinajstić information content (AvgIpc) is 3.37. The lowest BCUT2D eigenvalue weighted by Crippen LogP contribution is -2.31. The van der Waals surface area contributed by atoms with Crippen LogP contribution in [0.15, 0.2) is 91.1 Å². The van der Waals surface area contributed by atoms with Gasteiger partial charge in [-0.15, -0.1) is 0 Å². The third-order valence-electron chi connectivity index (χ3n) is 7.01. The van der Waals surface area contributed by atoms with Crippen LogP contribution in [-0.4, -0.2) is 21.9 Å². The van der Waals surface area contributed by atoms with Crippen molar-refractivity contribution >= 4 is 0 Å². The van der Waals surface area contributed by atoms with Crippen molar-refractivity contribution in [2.45, 2.75) is 44.7 Å². The number of benzene rings is 3. The number of aromatic nitrogens is 2. The van der Waals surface area contributed by atoms with Crippen LogP contribution in [0.25, 0.3) is 22.6 Å². The number of hydrogen-bond donors (Lipinski definition) is 1. The zero-order valence-corrected chi connectivity index (χ0v) is 19.5. The molecule has 1 aromatic heterocycles. The van der Waals surface area contributed by atoms with E-state index in [4.69, 9.17) is 0 Å². The molecule has 0 radical (unpaired) electrons. The smallest absolute Gasteiger partial charge is 0.137 e. The molecule has 0 spiro atoms. The number of nitrogens with zero attached hydrogens (tertiary/aromatic N) is 2. The zero-order chi connectivity index (χ0) is 22.5. The number of rotatable bonds is 7. The number of nitrogens with one attached hydrogen (secondary N) is 1. The van der Waals surface area contributed by atoms with E-state index in [-0.39, 0.29) is 0 Å². The van der Waals surface area contributed by atoms with Gasteiger partial charge in [-0.1, -0.05) is 98.1 Å². The lowest BCUT2D eigenvalue weighted by atomic mass is 9.80. The molecule has 0 saturated heterocycles. The first-order valence-corrected chi connectivity index (χ1v) is 12.2. The fourth-order valence-corrected chi connectivity index (χ4v) is 5.42. The number of aromatic amines is 1. The SMILES string of the molecule is CN(Cc1cccc(-c2cnc(-c3ccccc3)[nH]2)c1)C(c1ccccc1)C1CCCCC1. The fraction of sp³-hybridized carbons (Fsp3) is 0.300. The summed E-state index contributed by atoms with van der Waals surface area (Å²) in [5.41, 5.74) is 6.14. The average molecular weight is 436 g/mol. The molecule has 0 aliphatic heterocycles. The van der Waals surface area contributed by atoms with Crippen LogP contribution in [0.3, 0.4) is 0 Å². The number of hydrogen-bond acceptors (Lipinski definition) is 2. The van der Waals surface area contributed by atoms with E-state index in [0.717, 1.165) is 29.5 Å². The molecular formula is C30H33N3. The minimum absolute atomic E-state index is 0.465. The summed E-state index contributed by atoms with van der Waals surface area (Å²) in [6.45, 7) is 0.934. The maximum atomic E-state index is 4.62. The van der Waals surface area contributed by atoms with E-state index in [2.05, 4.69) is 88.6 Å². The molecule has 1 aliphatic carbocycles. The van der Waals surface area contributed by atoms with Gasteiger partial charge in [0.15, 0.2) is 0 Å². The van der Waals surface area contributed by atoms with Crippen molar-refractivity contribution < 1.29 is 0 Å². The van der Waals surface area contributed by atoms with E-state index in [1.54, 1.807) is 0 Å². The molecule has 168 valence electrons. The lowest BCUT2D eigenvalue weighted by molar-refractivity contribution is 0.138. The number of imidazole rings is 1. The molecule has 33 heavy (non-hydrogen) atoms. The highest BCUT2D eigenvalue weighted by Crippen LogP contribution is 2.38. The van der Waals surface area contributed by atoms with Gasteiger partial charge in [0.25, 0.3) is 0 Å². The first-order valence-electron chi connectivity index (χ1n) is 12.2. The summed E-state index contributed by atoms with van der Waals surface area (Å²) >= 11 is 0. The highest BCUT2D eigenvalue weighted by atomic mass is 15.1. The molecule has 1 aliphatic rings. The topological polar surface area (TPSA) is 31.9 Å². The first kappa shape index (κ1) is 21.7. The molecule has 1 unspecified atom stereocenters. The third-order valence-corrected chi connectivity index (χ3v) is 7.01. The maximum Gasteiger partial charge on any atom is 0.137 e. The Labute approximate surface area is 197 Å². The molecule has 1 N–H and O–H groups in total. The fourth-order valence-electron chi connectivity index (χ4n) is 5.42. The summed E-state index contributed by atoms with van der Waals surface area (Å²) in [4.78, 5) is 10.7. The van der Waals surface area contributed by atoms with Gasteiger partial charge in [0.1, 0.15) is 5.82 Å². The summed E-state index contributed by atoms with van der Waals surface area (Å²) in [6, 6.07) is 30.8. The van der Waals surface area contributed by atoms with Crippen molar-refractivity contribution in [3.63, 3.8) is 0 Å². The zero-order valence-electron chi connectivity index (χ0n) is 19.5. The Balaban J connectivity index is 1.36. The quantitative estimate of drug-likeness (QED) is 0.326. The van der Waals surface area contributed by atoms with Gasteiger partial charge in [-0.25, -0.2) is 4.98 Å². The van der Waals surface area contributed by atoms with Crippen molar-refractivity contribution in [3.05, 3.63) is 102 Å². The van der Waals surface area contributed by atoms with E-state index >= 15 is 0 Å². The van der Waals surface area contributed by atoms with Gasteiger partial charge in [-0.05, 0) is 48.6 Å². The molecule has 5 rings (SSSR count). The lowest BCUT2D eigenvalue weighted by Gasteiger charge is -2.37. The normalized spacial score (nSPS) is 15.6. The maximum absolute atomic E-state index is 4.62. The van der Waals surface area contributed by atoms with Crippen LogP contribution in [0.4, 0.5) is 0 Å². The Kier molecular flexibility index (Phi) is 6.68. The molecule has 3 heteroatoms. The van der Waals surface area contributed by atoms with Crippen molar-refractivity contribution in [2.75, 3.05) is 7.05 Å². The Bertz CT molecular complexity index is 1140. The van der Waals surface area contributed by atoms with Crippen molar-refractivity contribution in [2.24, 2.45) is 5.92 Å². The van der Waals surface area contributed by atoms with Crippen LogP contribution in [-0.2, 0) is 6.54 Å². The van der Waals surface area contributed by atoms with Crippen LogP contribution in [0, 0.1) is 5.92 Å². The molecule has 0 bridgehead atoms. The Morgan fingerprint density at radius 3 is 2.30 bits per heavy atom. The van der Waals surface area contributed by atoms with Crippen LogP contribution < -0.4 is 0 Å². The minimum Gasteiger partial charge on any atom is -0.338 e. The van der Waals surface area contributed by atoms with Crippen molar-refractivity contribution in [1.29, 1.82) is 0 Å². The predicted octanol–water partition coefficient (Wildman–Crippen LogP) is 7.50. The largest absolute Gasteiger partial charge is 0.338 e. The van der Waals surface area contributed by atoms with Gasteiger partial charge < -0.3 is 4.98 Å². The van der Waals surface area contributed by atoms with E-state index in [1.165, 1.54) is 48.8 Å². The van der Waals surface area contributed by atoms with E-state index in [0.29, 0.717) is 6.04 Å². The van der Waals surface area contributed by atoms with Gasteiger partial charge in [0, 0.05) is 18.2 Å². The standard InChI is InChI=1S/C30H33N3/c1-33(29(24-13-5-2-6-14-24)25-15-7-3-8-16-25)22-23-12-11-19-27(20-23)28-21-31-30(32-28)26-17-9-4-10-18-26/h2,4-6,9-14,17-21,25,29H,3,7-8,15-16,22H2,1H3,(H,31,32). The van der Waals surface area contributed by atoms with E-state index in [1.807, 2.05) is 24.4 Å². The predicted molar refractivity (Wildman–Crippen MR) is 137 cm³/mol. The van der Waals surface area contributed by atoms with Gasteiger partial charge in [0.2, 0.25) is 0 Å². The Hall–Kier alpha value is -3.17. The van der Waals surface area contributed by atoms with Crippen LogP contribution in [0.1, 0.15) is 49.3 Å². The van der Waals surface area contributed by atoms with Gasteiger partial charge >= 0.3 is 0 Å². The van der Waals surface area contributed by atoms with Crippen LogP contribution in [0.2, 0.25) is 0 Å². The first-order chi connectivity index (χ1) is 16.3. The second-order valence-corrected chi connectivity index (χ2v) is 9.38. The summed E-state index contributed by atoms with van der Waals surface area (Å²) < 4.78 is 0. The van der Waals surface area contributed by atoms with Crippen molar-refractivity contribution in [1.82, 2.24) is 14.9 Å². The molecule has 1 heterocycles. The Morgan fingerprint density at radius 1 is 0.848 bits per heavy atom. The third kappa shape index (κ3) is 5.09. The second kappa shape index (κ2) is 10.2. The minimum atomic E-state index is 0.465. The van der Waals surface area contributed by atoms with Crippen molar-refractivity contribution in [3.8, 4) is 22.6 Å². The highest BCUT2D eigenvalue weighted by molar-refractivity contribution is 5.64. The van der Waals surface area contributed by atoms with E-state index < -0.39 is 0 Å². The van der Waals surface area contributed by atoms with Crippen LogP contribution in [0.5, 0.6) is 0 Å². The molecular weight excluding hydrogens is 402 g/mol. The summed E-state index contributed by atoms with van der Waals surface area (Å²) in [5, 5.41) is 0. The molecule has 3 aromatic carbocycles. The van der Waals surface area contributed by atoms with Gasteiger partial charge in [-0.2, -0.15) is 0 Å². The molecule has 3 nitrogen and oxygen atoms in total. The molecule has 1 saturated carbocycles. The van der Waals surface area contributed by atoms with Gasteiger partial charge in [-0.3, -0.25) is 4.90 Å². The summed E-state index contributed by atoms with van der Waals surface area (Å²) in [7, 11) is 2.29. The van der Waals surface area contributed by atoms with Gasteiger partial charge in [0.05, 0.1) is 11.9 Å². The summed E-state index contributed by atoms with van der Waals surface area (Å²) in [6.07, 6.45) is 8.72. The molecule has 0 amide bonds. The van der Waals surface area contributed by atoms with Crippen LogP contribution >= 0.6 is 0 Å². The molecule has 1 fully saturated rings. The summed E-state index contributed by atoms with van der Waals surface area (Å²) in [5.74, 6) is 1.64. The monoisotopic (exact) mass is 435 g/mol.